The molecule has 0 bridgehead atoms. The lowest BCUT2D eigenvalue weighted by molar-refractivity contribution is 0.579. The van der Waals surface area contributed by atoms with Crippen LogP contribution < -0.4 is 14.9 Å². The van der Waals surface area contributed by atoms with Crippen LogP contribution in [0.5, 0.6) is 0 Å². The Bertz CT molecular complexity index is 733. The van der Waals surface area contributed by atoms with Crippen LogP contribution in [0.1, 0.15) is 16.8 Å². The van der Waals surface area contributed by atoms with E-state index in [1.807, 2.05) is 19.2 Å². The van der Waals surface area contributed by atoms with Crippen LogP contribution in [0.4, 0.5) is 0 Å². The minimum Gasteiger partial charge on any atom is -0.316 e. The van der Waals surface area contributed by atoms with Gasteiger partial charge in [0, 0.05) is 17.6 Å². The van der Waals surface area contributed by atoms with E-state index in [9.17, 15) is 13.2 Å². The van der Waals surface area contributed by atoms with Gasteiger partial charge in [0.05, 0.1) is 12.3 Å². The number of benzene rings is 1. The minimum atomic E-state index is -3.43. The zero-order valence-corrected chi connectivity index (χ0v) is 13.2. The number of hydrogen-bond donors (Lipinski definition) is 3. The van der Waals surface area contributed by atoms with Crippen LogP contribution in [0, 0.1) is 0 Å². The van der Waals surface area contributed by atoms with E-state index in [0.29, 0.717) is 5.69 Å². The molecule has 0 aliphatic carbocycles. The third-order valence-electron chi connectivity index (χ3n) is 2.81. The van der Waals surface area contributed by atoms with E-state index in [-0.39, 0.29) is 17.2 Å². The van der Waals surface area contributed by atoms with Crippen molar-refractivity contribution in [2.45, 2.75) is 18.8 Å². The maximum atomic E-state index is 12.0. The summed E-state index contributed by atoms with van der Waals surface area (Å²) >= 11 is 1.01. The summed E-state index contributed by atoms with van der Waals surface area (Å²) < 4.78 is 26.4. The predicted molar refractivity (Wildman–Crippen MR) is 83.6 cm³/mol. The molecule has 1 aromatic carbocycles. The zero-order chi connectivity index (χ0) is 15.3. The van der Waals surface area contributed by atoms with Crippen molar-refractivity contribution in [3.63, 3.8) is 0 Å². The van der Waals surface area contributed by atoms with Crippen molar-refractivity contribution >= 4 is 21.4 Å². The molecule has 114 valence electrons. The van der Waals surface area contributed by atoms with Crippen LogP contribution in [0.25, 0.3) is 0 Å². The first-order chi connectivity index (χ1) is 9.98. The number of rotatable bonds is 7. The molecule has 6 nitrogen and oxygen atoms in total. The van der Waals surface area contributed by atoms with Gasteiger partial charge in [-0.25, -0.2) is 13.1 Å². The molecule has 1 heterocycles. The second-order valence-corrected chi connectivity index (χ2v) is 7.25. The van der Waals surface area contributed by atoms with Crippen molar-refractivity contribution in [3.8, 4) is 0 Å². The third kappa shape index (κ3) is 5.09. The first-order valence-electron chi connectivity index (χ1n) is 6.35. The summed E-state index contributed by atoms with van der Waals surface area (Å²) in [4.78, 5) is 13.3. The molecule has 0 saturated heterocycles. The van der Waals surface area contributed by atoms with Gasteiger partial charge in [0.1, 0.15) is 0 Å². The standard InChI is InChI=1S/C13H17N3O3S2/c1-14-6-10-2-4-11(5-3-10)9-21(18,19)15-7-12-8-20-13(17)16-12/h2-5,8,14-15H,6-7,9H2,1H3,(H,16,17). The molecular weight excluding hydrogens is 310 g/mol. The Morgan fingerprint density at radius 3 is 2.38 bits per heavy atom. The second-order valence-electron chi connectivity index (χ2n) is 4.60. The van der Waals surface area contributed by atoms with Crippen molar-refractivity contribution in [2.75, 3.05) is 7.05 Å². The van der Waals surface area contributed by atoms with E-state index in [1.165, 1.54) is 0 Å². The number of aromatic amines is 1. The van der Waals surface area contributed by atoms with Gasteiger partial charge >= 0.3 is 4.87 Å². The van der Waals surface area contributed by atoms with Crippen LogP contribution in [0.3, 0.4) is 0 Å². The molecule has 8 heteroatoms. The molecule has 0 radical (unpaired) electrons. The summed E-state index contributed by atoms with van der Waals surface area (Å²) in [5.41, 5.74) is 2.39. The Labute approximate surface area is 127 Å². The number of sulfonamides is 1. The molecule has 0 amide bonds. The highest BCUT2D eigenvalue weighted by Gasteiger charge is 2.11. The molecule has 0 saturated carbocycles. The highest BCUT2D eigenvalue weighted by molar-refractivity contribution is 7.88. The molecule has 0 unspecified atom stereocenters. The van der Waals surface area contributed by atoms with Crippen molar-refractivity contribution in [1.82, 2.24) is 15.0 Å². The lowest BCUT2D eigenvalue weighted by atomic mass is 10.1. The Hall–Kier alpha value is -1.48. The van der Waals surface area contributed by atoms with Crippen LogP contribution >= 0.6 is 11.3 Å². The SMILES string of the molecule is CNCc1ccc(CS(=O)(=O)NCc2csc(=O)[nH]2)cc1. The van der Waals surface area contributed by atoms with E-state index in [4.69, 9.17) is 0 Å². The van der Waals surface area contributed by atoms with Gasteiger partial charge in [0.2, 0.25) is 10.0 Å². The van der Waals surface area contributed by atoms with Crippen molar-refractivity contribution in [3.05, 3.63) is 56.1 Å². The van der Waals surface area contributed by atoms with Gasteiger partial charge in [-0.1, -0.05) is 35.6 Å². The van der Waals surface area contributed by atoms with Gasteiger partial charge < -0.3 is 10.3 Å². The summed E-state index contributed by atoms with van der Waals surface area (Å²) in [6.07, 6.45) is 0. The fourth-order valence-corrected chi connectivity index (χ4v) is 3.51. The summed E-state index contributed by atoms with van der Waals surface area (Å²) in [6, 6.07) is 7.41. The van der Waals surface area contributed by atoms with E-state index < -0.39 is 10.0 Å². The fourth-order valence-electron chi connectivity index (χ4n) is 1.82. The molecule has 2 rings (SSSR count). The molecule has 21 heavy (non-hydrogen) atoms. The highest BCUT2D eigenvalue weighted by atomic mass is 32.2. The number of H-pyrrole nitrogens is 1. The van der Waals surface area contributed by atoms with Gasteiger partial charge in [-0.3, -0.25) is 4.79 Å². The average molecular weight is 327 g/mol. The maximum absolute atomic E-state index is 12.0. The molecule has 0 fully saturated rings. The van der Waals surface area contributed by atoms with Crippen molar-refractivity contribution in [1.29, 1.82) is 0 Å². The number of thiazole rings is 1. The van der Waals surface area contributed by atoms with E-state index >= 15 is 0 Å². The Morgan fingerprint density at radius 2 is 1.81 bits per heavy atom. The first-order valence-corrected chi connectivity index (χ1v) is 8.88. The van der Waals surface area contributed by atoms with Gasteiger partial charge in [0.15, 0.2) is 0 Å². The fraction of sp³-hybridized carbons (Fsp3) is 0.308. The summed E-state index contributed by atoms with van der Waals surface area (Å²) in [7, 11) is -1.57. The van der Waals surface area contributed by atoms with E-state index in [1.54, 1.807) is 17.5 Å². The van der Waals surface area contributed by atoms with Crippen LogP contribution in [0.2, 0.25) is 0 Å². The molecule has 0 spiro atoms. The van der Waals surface area contributed by atoms with Crippen LogP contribution in [-0.2, 0) is 28.9 Å². The Kier molecular flexibility index (Phi) is 5.29. The lowest BCUT2D eigenvalue weighted by Crippen LogP contribution is -2.25. The highest BCUT2D eigenvalue weighted by Crippen LogP contribution is 2.08. The lowest BCUT2D eigenvalue weighted by Gasteiger charge is -2.07. The van der Waals surface area contributed by atoms with Gasteiger partial charge in [0.25, 0.3) is 0 Å². The monoisotopic (exact) mass is 327 g/mol. The topological polar surface area (TPSA) is 91.1 Å². The molecule has 1 aromatic heterocycles. The number of hydrogen-bond acceptors (Lipinski definition) is 5. The maximum Gasteiger partial charge on any atom is 0.304 e. The molecule has 2 aromatic rings. The average Bonchev–Trinajstić information content (AvgIpc) is 2.85. The molecular formula is C13H17N3O3S2. The molecule has 0 aliphatic heterocycles. The molecule has 3 N–H and O–H groups in total. The predicted octanol–water partition coefficient (Wildman–Crippen LogP) is 0.775. The van der Waals surface area contributed by atoms with Gasteiger partial charge in [-0.05, 0) is 18.2 Å². The Balaban J connectivity index is 1.95. The second kappa shape index (κ2) is 6.99. The van der Waals surface area contributed by atoms with Crippen molar-refractivity contribution < 1.29 is 8.42 Å². The zero-order valence-electron chi connectivity index (χ0n) is 11.5. The van der Waals surface area contributed by atoms with Crippen LogP contribution in [0.15, 0.2) is 34.4 Å². The van der Waals surface area contributed by atoms with E-state index in [0.717, 1.165) is 29.0 Å². The smallest absolute Gasteiger partial charge is 0.304 e. The quantitative estimate of drug-likeness (QED) is 0.701. The number of nitrogens with one attached hydrogen (secondary N) is 3. The Morgan fingerprint density at radius 1 is 1.14 bits per heavy atom. The van der Waals surface area contributed by atoms with Gasteiger partial charge in [-0.15, -0.1) is 0 Å². The number of aromatic nitrogens is 1. The normalized spacial score (nSPS) is 11.7. The summed E-state index contributed by atoms with van der Waals surface area (Å²) in [6.45, 7) is 0.843. The molecule has 0 aliphatic rings. The summed E-state index contributed by atoms with van der Waals surface area (Å²) in [5.74, 6) is -0.0821. The van der Waals surface area contributed by atoms with Crippen LogP contribution in [-0.4, -0.2) is 20.4 Å². The van der Waals surface area contributed by atoms with E-state index in [2.05, 4.69) is 15.0 Å². The third-order valence-corrected chi connectivity index (χ3v) is 4.83. The minimum absolute atomic E-state index is 0.0821. The summed E-state index contributed by atoms with van der Waals surface area (Å²) in [5, 5.41) is 4.64. The van der Waals surface area contributed by atoms with Crippen molar-refractivity contribution in [2.24, 2.45) is 0 Å². The molecule has 0 atom stereocenters. The largest absolute Gasteiger partial charge is 0.316 e. The van der Waals surface area contributed by atoms with Gasteiger partial charge in [-0.2, -0.15) is 0 Å². The first kappa shape index (κ1) is 15.9.